The third-order valence-electron chi connectivity index (χ3n) is 13.8. The summed E-state index contributed by atoms with van der Waals surface area (Å²) in [5, 5.41) is 38.8. The molecular weight excluding hydrogens is 1070 g/mol. The number of phenolic OH excluding ortho intramolecular Hbond substituents is 2. The summed E-state index contributed by atoms with van der Waals surface area (Å²) in [5.74, 6) is 1.47. The maximum Gasteiger partial charge on any atom is 0.351 e. The molecule has 3 atom stereocenters. The monoisotopic (exact) mass is 1120 g/mol. The van der Waals surface area contributed by atoms with E-state index in [1.165, 1.54) is 13.9 Å². The van der Waals surface area contributed by atoms with Gasteiger partial charge in [-0.3, -0.25) is 4.79 Å². The molecule has 2 aliphatic rings. The zero-order valence-corrected chi connectivity index (χ0v) is 44.7. The molecule has 74 heavy (non-hydrogen) atoms. The predicted molar refractivity (Wildman–Crippen MR) is 297 cm³/mol. The largest absolute Gasteiger partial charge is 0.508 e. The van der Waals surface area contributed by atoms with Crippen LogP contribution < -0.4 is 31.0 Å². The summed E-state index contributed by atoms with van der Waals surface area (Å²) in [7, 11) is 0. The summed E-state index contributed by atoms with van der Waals surface area (Å²) in [6.07, 6.45) is -0.865. The van der Waals surface area contributed by atoms with E-state index in [1.807, 2.05) is 97.1 Å². The lowest BCUT2D eigenvalue weighted by Crippen LogP contribution is -2.46. The number of hydrogen-bond acceptors (Lipinski definition) is 12. The topological polar surface area (TPSA) is 170 Å². The van der Waals surface area contributed by atoms with Gasteiger partial charge in [0.15, 0.2) is 5.78 Å². The average molecular weight is 1130 g/mol. The molecule has 382 valence electrons. The van der Waals surface area contributed by atoms with Gasteiger partial charge in [0.2, 0.25) is 0 Å². The van der Waals surface area contributed by atoms with Crippen molar-refractivity contribution in [1.82, 2.24) is 28.7 Å². The van der Waals surface area contributed by atoms with E-state index in [1.54, 1.807) is 80.8 Å². The summed E-state index contributed by atoms with van der Waals surface area (Å²) in [4.78, 5) is 48.8. The SMILES string of the molecule is Cc1nn(C(C)C(=O)c2ccc(Br)cc2)c(=O)n1-c1ccc(N2CCN(c3ccc(O)cc3)CC2)cc1.Cc1nn(C(C)C(O)c2ccc(Br)cc2)c(=O)n1-c1ccc(N2CCN(c3ccc(O)cc3)CC2)cc1. The number of benzene rings is 6. The second-order valence-electron chi connectivity index (χ2n) is 18.5. The Morgan fingerprint density at radius 3 is 1.16 bits per heavy atom. The van der Waals surface area contributed by atoms with E-state index in [-0.39, 0.29) is 28.7 Å². The number of nitrogens with zero attached hydrogens (tertiary/aromatic N) is 10. The number of piperazine rings is 2. The molecule has 8 aromatic rings. The Hall–Kier alpha value is -7.41. The molecule has 3 N–H and O–H groups in total. The third kappa shape index (κ3) is 11.2. The average Bonchev–Trinajstić information content (AvgIpc) is 3.90. The van der Waals surface area contributed by atoms with Crippen LogP contribution in [0.25, 0.3) is 11.4 Å². The van der Waals surface area contributed by atoms with E-state index < -0.39 is 18.2 Å². The molecule has 18 heteroatoms. The van der Waals surface area contributed by atoms with Gasteiger partial charge in [-0.2, -0.15) is 10.2 Å². The molecule has 0 radical (unpaired) electrons. The molecule has 2 aliphatic heterocycles. The van der Waals surface area contributed by atoms with E-state index in [4.69, 9.17) is 0 Å². The number of aromatic nitrogens is 6. The van der Waals surface area contributed by atoms with Crippen molar-refractivity contribution in [1.29, 1.82) is 0 Å². The van der Waals surface area contributed by atoms with Crippen LogP contribution in [0.5, 0.6) is 11.5 Å². The highest BCUT2D eigenvalue weighted by Crippen LogP contribution is 2.29. The Kier molecular flexibility index (Phi) is 15.6. The van der Waals surface area contributed by atoms with E-state index in [0.717, 1.165) is 95.3 Å². The lowest BCUT2D eigenvalue weighted by atomic mass is 10.0. The van der Waals surface area contributed by atoms with E-state index in [0.29, 0.717) is 22.9 Å². The third-order valence-corrected chi connectivity index (χ3v) is 14.8. The maximum absolute atomic E-state index is 13.3. The molecular formula is C56H58Br2N10O6. The number of ketones is 1. The molecule has 4 heterocycles. The van der Waals surface area contributed by atoms with Crippen molar-refractivity contribution >= 4 is 60.4 Å². The number of aliphatic hydroxyl groups is 1. The summed E-state index contributed by atoms with van der Waals surface area (Å²) in [5.41, 5.74) is 6.49. The maximum atomic E-state index is 13.3. The molecule has 6 aromatic carbocycles. The number of aliphatic hydroxyl groups excluding tert-OH is 1. The molecule has 16 nitrogen and oxygen atoms in total. The minimum atomic E-state index is -0.865. The minimum absolute atomic E-state index is 0.166. The Bertz CT molecular complexity index is 3310. The molecule has 0 aliphatic carbocycles. The summed E-state index contributed by atoms with van der Waals surface area (Å²) in [6.45, 7) is 14.1. The van der Waals surface area contributed by atoms with Crippen LogP contribution in [0.15, 0.2) is 164 Å². The molecule has 2 aromatic heterocycles. The highest BCUT2D eigenvalue weighted by Gasteiger charge is 2.26. The van der Waals surface area contributed by atoms with Crippen molar-refractivity contribution in [2.45, 2.75) is 45.9 Å². The fourth-order valence-electron chi connectivity index (χ4n) is 9.52. The zero-order valence-electron chi connectivity index (χ0n) is 41.5. The van der Waals surface area contributed by atoms with Crippen molar-refractivity contribution in [2.75, 3.05) is 72.0 Å². The van der Waals surface area contributed by atoms with Crippen molar-refractivity contribution in [3.05, 3.63) is 198 Å². The number of phenols is 2. The number of Topliss-reactive ketones (excluding diaryl/α,β-unsaturated/α-hetero) is 1. The second-order valence-corrected chi connectivity index (χ2v) is 20.3. The van der Waals surface area contributed by atoms with Gasteiger partial charge in [-0.05, 0) is 155 Å². The molecule has 3 unspecified atom stereocenters. The molecule has 10 rings (SSSR count). The number of carbonyl (C=O) groups is 1. The first kappa shape index (κ1) is 51.5. The quantitative estimate of drug-likeness (QED) is 0.0995. The van der Waals surface area contributed by atoms with Crippen LogP contribution >= 0.6 is 31.9 Å². The number of halogens is 2. The first-order valence-electron chi connectivity index (χ1n) is 24.5. The number of hydrogen-bond donors (Lipinski definition) is 3. The fourth-order valence-corrected chi connectivity index (χ4v) is 10.0. The molecule has 0 amide bonds. The fraction of sp³-hybridized carbons (Fsp3) is 0.268. The van der Waals surface area contributed by atoms with Crippen molar-refractivity contribution in [2.24, 2.45) is 0 Å². The van der Waals surface area contributed by atoms with Gasteiger partial charge in [-0.1, -0.05) is 56.1 Å². The number of aryl methyl sites for hydroxylation is 2. The Morgan fingerprint density at radius 2 is 0.784 bits per heavy atom. The Balaban J connectivity index is 0.000000182. The van der Waals surface area contributed by atoms with Gasteiger partial charge < -0.3 is 34.9 Å². The summed E-state index contributed by atoms with van der Waals surface area (Å²) in [6, 6.07) is 43.7. The smallest absolute Gasteiger partial charge is 0.351 e. The van der Waals surface area contributed by atoms with Crippen LogP contribution in [0, 0.1) is 13.8 Å². The summed E-state index contributed by atoms with van der Waals surface area (Å²) >= 11 is 6.78. The Labute approximate surface area is 445 Å². The Morgan fingerprint density at radius 1 is 0.473 bits per heavy atom. The second kappa shape index (κ2) is 22.4. The van der Waals surface area contributed by atoms with Gasteiger partial charge in [0.1, 0.15) is 35.3 Å². The molecule has 0 bridgehead atoms. The minimum Gasteiger partial charge on any atom is -0.508 e. The lowest BCUT2D eigenvalue weighted by Gasteiger charge is -2.37. The van der Waals surface area contributed by atoms with Gasteiger partial charge in [0.25, 0.3) is 0 Å². The van der Waals surface area contributed by atoms with Crippen LogP contribution in [-0.2, 0) is 0 Å². The van der Waals surface area contributed by atoms with Crippen molar-refractivity contribution < 1.29 is 20.1 Å². The number of anilines is 4. The number of carbonyl (C=O) groups excluding carboxylic acids is 1. The highest BCUT2D eigenvalue weighted by molar-refractivity contribution is 9.10. The normalized spacial score (nSPS) is 15.1. The van der Waals surface area contributed by atoms with Crippen molar-refractivity contribution in [3.8, 4) is 22.9 Å². The van der Waals surface area contributed by atoms with Gasteiger partial charge in [0, 0.05) is 89.6 Å². The van der Waals surface area contributed by atoms with E-state index in [9.17, 15) is 29.7 Å². The summed E-state index contributed by atoms with van der Waals surface area (Å²) < 4.78 is 7.55. The molecule has 0 spiro atoms. The first-order chi connectivity index (χ1) is 35.6. The van der Waals surface area contributed by atoms with Crippen LogP contribution in [0.1, 0.15) is 59.6 Å². The van der Waals surface area contributed by atoms with E-state index in [2.05, 4.69) is 61.7 Å². The van der Waals surface area contributed by atoms with Crippen LogP contribution in [0.4, 0.5) is 22.7 Å². The number of aromatic hydroxyl groups is 2. The first-order valence-corrected chi connectivity index (χ1v) is 26.1. The van der Waals surface area contributed by atoms with Crippen LogP contribution in [-0.4, -0.2) is 102 Å². The van der Waals surface area contributed by atoms with Crippen LogP contribution in [0.2, 0.25) is 0 Å². The standard InChI is InChI=1S/C28H30BrN5O3.C28H28BrN5O3/c2*1-19(27(36)21-3-5-22(29)6-4-21)34-28(37)33(20(2)30-34)25-9-7-23(8-10-25)31-15-17-32(18-16-31)24-11-13-26(35)14-12-24/h3-14,19,27,35-36H,15-18H2,1-2H3;3-14,19,35H,15-18H2,1-2H3. The van der Waals surface area contributed by atoms with E-state index >= 15 is 0 Å². The predicted octanol–water partition coefficient (Wildman–Crippen LogP) is 9.01. The molecule has 2 fully saturated rings. The van der Waals surface area contributed by atoms with Crippen molar-refractivity contribution in [3.63, 3.8) is 0 Å². The number of rotatable bonds is 12. The van der Waals surface area contributed by atoms with Gasteiger partial charge in [0.05, 0.1) is 17.4 Å². The van der Waals surface area contributed by atoms with Gasteiger partial charge in [-0.15, -0.1) is 0 Å². The van der Waals surface area contributed by atoms with Crippen LogP contribution in [0.3, 0.4) is 0 Å². The highest BCUT2D eigenvalue weighted by atomic mass is 79.9. The van der Waals surface area contributed by atoms with Gasteiger partial charge in [-0.25, -0.2) is 28.1 Å². The molecule has 2 saturated heterocycles. The lowest BCUT2D eigenvalue weighted by molar-refractivity contribution is 0.0925. The zero-order chi connectivity index (χ0) is 52.2. The molecule has 0 saturated carbocycles. The van der Waals surface area contributed by atoms with Gasteiger partial charge >= 0.3 is 11.4 Å².